The molecule has 0 radical (unpaired) electrons. The lowest BCUT2D eigenvalue weighted by Gasteiger charge is -2.09. The van der Waals surface area contributed by atoms with E-state index in [2.05, 4.69) is 19.8 Å². The van der Waals surface area contributed by atoms with Crippen LogP contribution >= 0.6 is 0 Å². The van der Waals surface area contributed by atoms with Gasteiger partial charge >= 0.3 is 12.0 Å². The Labute approximate surface area is 150 Å². The van der Waals surface area contributed by atoms with E-state index in [1.54, 1.807) is 0 Å². The molecule has 10 nitrogen and oxygen atoms in total. The molecule has 0 atom stereocenters. The third-order valence-electron chi connectivity index (χ3n) is 3.49. The molecule has 2 N–H and O–H groups in total. The van der Waals surface area contributed by atoms with Crippen molar-refractivity contribution in [3.8, 4) is 17.1 Å². The number of hydrogen-bond acceptors (Lipinski definition) is 8. The molecule has 142 valence electrons. The maximum absolute atomic E-state index is 14.6. The Morgan fingerprint density at radius 3 is 2.48 bits per heavy atom. The third-order valence-corrected chi connectivity index (χ3v) is 4.17. The Hall–Kier alpha value is -3.19. The van der Waals surface area contributed by atoms with E-state index < -0.39 is 50.1 Å². The summed E-state index contributed by atoms with van der Waals surface area (Å²) in [5.41, 5.74) is -1.34. The summed E-state index contributed by atoms with van der Waals surface area (Å²) >= 11 is 0. The van der Waals surface area contributed by atoms with E-state index in [-0.39, 0.29) is 11.1 Å². The number of benzene rings is 1. The number of halogens is 2. The van der Waals surface area contributed by atoms with Crippen molar-refractivity contribution in [2.45, 2.75) is 5.16 Å². The summed E-state index contributed by atoms with van der Waals surface area (Å²) in [5, 5.41) is 7.77. The highest BCUT2D eigenvalue weighted by molar-refractivity contribution is 7.89. The average molecular weight is 399 g/mol. The number of esters is 1. The SMILES string of the molecule is COC(=O)c1ccc(-c2c(F)nc(OC)n3nc(S(N)(=O)=O)nc23)c(F)c1. The summed E-state index contributed by atoms with van der Waals surface area (Å²) < 4.78 is 62.2. The van der Waals surface area contributed by atoms with Gasteiger partial charge in [-0.15, -0.1) is 5.10 Å². The maximum atomic E-state index is 14.6. The Balaban J connectivity index is 2.33. The topological polar surface area (TPSA) is 139 Å². The van der Waals surface area contributed by atoms with Crippen LogP contribution in [-0.2, 0) is 14.8 Å². The Bertz CT molecular complexity index is 1180. The van der Waals surface area contributed by atoms with E-state index >= 15 is 0 Å². The van der Waals surface area contributed by atoms with E-state index in [4.69, 9.17) is 9.88 Å². The molecule has 3 aromatic rings. The Kier molecular flexibility index (Phi) is 4.49. The van der Waals surface area contributed by atoms with Crippen LogP contribution in [0, 0.1) is 11.8 Å². The van der Waals surface area contributed by atoms with E-state index in [9.17, 15) is 22.0 Å². The minimum Gasteiger partial charge on any atom is -0.467 e. The van der Waals surface area contributed by atoms with Crippen molar-refractivity contribution in [1.82, 2.24) is 19.6 Å². The highest BCUT2D eigenvalue weighted by atomic mass is 32.2. The van der Waals surface area contributed by atoms with Crippen molar-refractivity contribution in [2.75, 3.05) is 14.2 Å². The first-order valence-electron chi connectivity index (χ1n) is 7.08. The third kappa shape index (κ3) is 3.17. The van der Waals surface area contributed by atoms with Gasteiger partial charge in [0.1, 0.15) is 5.82 Å². The van der Waals surface area contributed by atoms with Crippen molar-refractivity contribution < 1.29 is 31.5 Å². The van der Waals surface area contributed by atoms with Gasteiger partial charge in [0, 0.05) is 5.56 Å². The van der Waals surface area contributed by atoms with Crippen LogP contribution in [0.4, 0.5) is 8.78 Å². The molecule has 0 saturated heterocycles. The van der Waals surface area contributed by atoms with Crippen molar-refractivity contribution in [2.24, 2.45) is 5.14 Å². The first-order valence-corrected chi connectivity index (χ1v) is 8.63. The Morgan fingerprint density at radius 2 is 1.93 bits per heavy atom. The van der Waals surface area contributed by atoms with Gasteiger partial charge in [-0.2, -0.15) is 18.9 Å². The molecule has 2 heterocycles. The predicted octanol–water partition coefficient (Wildman–Crippen LogP) is 0.512. The van der Waals surface area contributed by atoms with Crippen molar-refractivity contribution in [3.05, 3.63) is 35.5 Å². The molecule has 3 rings (SSSR count). The fourth-order valence-corrected chi connectivity index (χ4v) is 2.72. The first kappa shape index (κ1) is 18.6. The number of primary sulfonamides is 1. The molecule has 13 heteroatoms. The van der Waals surface area contributed by atoms with Gasteiger partial charge in [-0.05, 0) is 12.1 Å². The van der Waals surface area contributed by atoms with Gasteiger partial charge in [-0.1, -0.05) is 6.07 Å². The molecular formula is C14H11F2N5O5S. The molecular weight excluding hydrogens is 388 g/mol. The second-order valence-electron chi connectivity index (χ2n) is 5.13. The van der Waals surface area contributed by atoms with E-state index in [0.717, 1.165) is 30.9 Å². The molecule has 0 aliphatic heterocycles. The highest BCUT2D eigenvalue weighted by Gasteiger charge is 2.26. The van der Waals surface area contributed by atoms with Gasteiger partial charge in [0.25, 0.3) is 15.2 Å². The van der Waals surface area contributed by atoms with Gasteiger partial charge in [0.15, 0.2) is 5.65 Å². The number of rotatable bonds is 4. The highest BCUT2D eigenvalue weighted by Crippen LogP contribution is 2.31. The number of carbonyl (C=O) groups is 1. The molecule has 0 saturated carbocycles. The molecule has 1 aromatic carbocycles. The van der Waals surface area contributed by atoms with Gasteiger partial charge in [0.2, 0.25) is 5.95 Å². The van der Waals surface area contributed by atoms with E-state index in [1.165, 1.54) is 6.07 Å². The van der Waals surface area contributed by atoms with Gasteiger partial charge in [-0.3, -0.25) is 0 Å². The summed E-state index contributed by atoms with van der Waals surface area (Å²) in [7, 11) is -2.07. The van der Waals surface area contributed by atoms with Gasteiger partial charge in [0.05, 0.1) is 25.3 Å². The number of sulfonamides is 1. The number of ether oxygens (including phenoxy) is 2. The molecule has 0 unspecified atom stereocenters. The van der Waals surface area contributed by atoms with Crippen LogP contribution in [0.25, 0.3) is 16.8 Å². The fraction of sp³-hybridized carbons (Fsp3) is 0.143. The largest absolute Gasteiger partial charge is 0.467 e. The van der Waals surface area contributed by atoms with Crippen molar-refractivity contribution >= 4 is 21.6 Å². The average Bonchev–Trinajstić information content (AvgIpc) is 3.06. The zero-order chi connectivity index (χ0) is 19.9. The van der Waals surface area contributed by atoms with Crippen LogP contribution in [0.2, 0.25) is 0 Å². The zero-order valence-electron chi connectivity index (χ0n) is 13.8. The normalized spacial score (nSPS) is 11.6. The summed E-state index contributed by atoms with van der Waals surface area (Å²) in [6, 6.07) is 2.69. The molecule has 0 bridgehead atoms. The van der Waals surface area contributed by atoms with Gasteiger partial charge in [-0.25, -0.2) is 22.7 Å². The van der Waals surface area contributed by atoms with Crippen LogP contribution in [-0.4, -0.2) is 48.2 Å². The monoisotopic (exact) mass is 399 g/mol. The minimum atomic E-state index is -4.34. The lowest BCUT2D eigenvalue weighted by molar-refractivity contribution is 0.0600. The van der Waals surface area contributed by atoms with E-state index in [1.807, 2.05) is 0 Å². The molecule has 0 aliphatic carbocycles. The summed E-state index contributed by atoms with van der Waals surface area (Å²) in [6.07, 6.45) is 0. The fourth-order valence-electron chi connectivity index (χ4n) is 2.31. The number of aromatic nitrogens is 4. The Morgan fingerprint density at radius 1 is 1.22 bits per heavy atom. The minimum absolute atomic E-state index is 0.108. The van der Waals surface area contributed by atoms with Crippen molar-refractivity contribution in [1.29, 1.82) is 0 Å². The first-order chi connectivity index (χ1) is 12.7. The smallest absolute Gasteiger partial charge is 0.337 e. The summed E-state index contributed by atoms with van der Waals surface area (Å²) in [5.74, 6) is -2.99. The number of nitrogens with zero attached hydrogens (tertiary/aromatic N) is 4. The van der Waals surface area contributed by atoms with Crippen LogP contribution < -0.4 is 9.88 Å². The number of fused-ring (bicyclic) bond motifs is 1. The van der Waals surface area contributed by atoms with Crippen LogP contribution in [0.15, 0.2) is 23.4 Å². The maximum Gasteiger partial charge on any atom is 0.337 e. The van der Waals surface area contributed by atoms with Crippen LogP contribution in [0.5, 0.6) is 6.01 Å². The molecule has 0 amide bonds. The second kappa shape index (κ2) is 6.51. The molecule has 0 aliphatic rings. The summed E-state index contributed by atoms with van der Waals surface area (Å²) in [4.78, 5) is 18.6. The number of nitrogens with two attached hydrogens (primary N) is 1. The number of carbonyl (C=O) groups excluding carboxylic acids is 1. The predicted molar refractivity (Wildman–Crippen MR) is 85.4 cm³/mol. The quantitative estimate of drug-likeness (QED) is 0.495. The molecule has 27 heavy (non-hydrogen) atoms. The van der Waals surface area contributed by atoms with Gasteiger partial charge < -0.3 is 9.47 Å². The standard InChI is InChI=1S/C14H11F2N5O5S/c1-25-12(22)6-3-4-7(8(15)5-6)9-10(16)18-14(26-2)21-11(9)19-13(20-21)27(17,23)24/h3-5H,1-2H3,(H2,17,23,24). The van der Waals surface area contributed by atoms with Crippen LogP contribution in [0.3, 0.4) is 0 Å². The zero-order valence-corrected chi connectivity index (χ0v) is 14.6. The van der Waals surface area contributed by atoms with E-state index in [0.29, 0.717) is 0 Å². The van der Waals surface area contributed by atoms with Crippen LogP contribution in [0.1, 0.15) is 10.4 Å². The number of methoxy groups -OCH3 is 2. The lowest BCUT2D eigenvalue weighted by atomic mass is 10.0. The number of hydrogen-bond donors (Lipinski definition) is 1. The molecule has 0 spiro atoms. The molecule has 2 aromatic heterocycles. The van der Waals surface area contributed by atoms with Crippen molar-refractivity contribution in [3.63, 3.8) is 0 Å². The lowest BCUT2D eigenvalue weighted by Crippen LogP contribution is -2.14. The molecule has 0 fully saturated rings. The summed E-state index contributed by atoms with van der Waals surface area (Å²) in [6.45, 7) is 0. The second-order valence-corrected chi connectivity index (χ2v) is 6.58.